The van der Waals surface area contributed by atoms with Gasteiger partial charge in [-0.25, -0.2) is 24.1 Å². The molecule has 9 N–H and O–H groups in total. The molecule has 4 aromatic heterocycles. The van der Waals surface area contributed by atoms with Crippen molar-refractivity contribution >= 4 is 45.7 Å². The SMILES string of the molecule is COC(=O)NC1(O)CCC(n2c(=O)n(C(O)(O)O)c3cnc(Nc4ccc5c(C)[nH]nc5n4)cc32)C1.NC(=O)C1CC1C1CC1. The number of rotatable bonds is 7. The minimum atomic E-state index is -3.50. The first-order valence-corrected chi connectivity index (χ1v) is 14.5. The summed E-state index contributed by atoms with van der Waals surface area (Å²) in [5.74, 6) is 2.45. The second-order valence-corrected chi connectivity index (χ2v) is 12.0. The van der Waals surface area contributed by atoms with Crippen molar-refractivity contribution in [3.05, 3.63) is 40.6 Å². The van der Waals surface area contributed by atoms with Crippen LogP contribution in [0.3, 0.4) is 0 Å². The Morgan fingerprint density at radius 3 is 2.58 bits per heavy atom. The maximum atomic E-state index is 13.2. The van der Waals surface area contributed by atoms with Crippen LogP contribution in [0.25, 0.3) is 22.1 Å². The van der Waals surface area contributed by atoms with Gasteiger partial charge in [-0.2, -0.15) is 5.10 Å². The van der Waals surface area contributed by atoms with Gasteiger partial charge in [-0.1, -0.05) is 0 Å². The molecule has 7 rings (SSSR count). The largest absolute Gasteiger partial charge is 0.453 e. The molecule has 2 amide bonds. The molecule has 3 saturated carbocycles. The quantitative estimate of drug-likeness (QED) is 0.130. The van der Waals surface area contributed by atoms with Gasteiger partial charge in [-0.15, -0.1) is 0 Å². The molecule has 0 saturated heterocycles. The fraction of sp³-hybridized carbons (Fsp3) is 0.500. The summed E-state index contributed by atoms with van der Waals surface area (Å²) in [6.07, 6.45) is 0.925. The molecule has 0 radical (unpaired) electrons. The number of fused-ring (bicyclic) bond motifs is 2. The molecule has 4 aromatic rings. The number of imidazole rings is 1. The van der Waals surface area contributed by atoms with Crippen molar-refractivity contribution < 1.29 is 34.8 Å². The average molecular weight is 626 g/mol. The second-order valence-electron chi connectivity index (χ2n) is 12.0. The van der Waals surface area contributed by atoms with Gasteiger partial charge in [0.25, 0.3) is 0 Å². The molecular weight excluding hydrogens is 590 g/mol. The van der Waals surface area contributed by atoms with Crippen LogP contribution in [0.4, 0.5) is 16.4 Å². The van der Waals surface area contributed by atoms with Gasteiger partial charge < -0.3 is 36.2 Å². The Bertz CT molecular complexity index is 1840. The molecule has 17 nitrogen and oxygen atoms in total. The lowest BCUT2D eigenvalue weighted by molar-refractivity contribution is -0.374. The van der Waals surface area contributed by atoms with E-state index in [0.717, 1.165) is 30.5 Å². The number of nitrogens with one attached hydrogen (secondary N) is 3. The summed E-state index contributed by atoms with van der Waals surface area (Å²) in [6.45, 7) is 1.87. The summed E-state index contributed by atoms with van der Waals surface area (Å²) >= 11 is 0. The number of primary amides is 1. The Labute approximate surface area is 255 Å². The van der Waals surface area contributed by atoms with Gasteiger partial charge >= 0.3 is 17.9 Å². The monoisotopic (exact) mass is 625 g/mol. The Morgan fingerprint density at radius 1 is 1.18 bits per heavy atom. The van der Waals surface area contributed by atoms with E-state index in [9.17, 15) is 34.8 Å². The molecule has 0 spiro atoms. The minimum absolute atomic E-state index is 0.0687. The first-order chi connectivity index (χ1) is 21.3. The van der Waals surface area contributed by atoms with Crippen LogP contribution < -0.4 is 22.1 Å². The summed E-state index contributed by atoms with van der Waals surface area (Å²) in [6, 6.07) is 4.37. The number of hydrogen-bond acceptors (Lipinski definition) is 12. The molecule has 4 atom stereocenters. The number of amides is 2. The lowest BCUT2D eigenvalue weighted by atomic mass is 10.2. The van der Waals surface area contributed by atoms with Crippen molar-refractivity contribution in [1.29, 1.82) is 0 Å². The first kappa shape index (κ1) is 30.4. The van der Waals surface area contributed by atoms with Crippen LogP contribution in [-0.2, 0) is 15.6 Å². The number of pyridine rings is 2. The van der Waals surface area contributed by atoms with E-state index in [1.165, 1.54) is 29.7 Å². The number of carbonyl (C=O) groups is 2. The number of H-pyrrole nitrogens is 1. The highest BCUT2D eigenvalue weighted by molar-refractivity contribution is 5.82. The minimum Gasteiger partial charge on any atom is -0.453 e. The van der Waals surface area contributed by atoms with Gasteiger partial charge in [0.2, 0.25) is 5.91 Å². The summed E-state index contributed by atoms with van der Waals surface area (Å²) in [7, 11) is 1.16. The van der Waals surface area contributed by atoms with Crippen LogP contribution in [0.2, 0.25) is 0 Å². The zero-order valence-corrected chi connectivity index (χ0v) is 24.6. The molecule has 240 valence electrons. The van der Waals surface area contributed by atoms with Gasteiger partial charge in [0.05, 0.1) is 24.3 Å². The topological polar surface area (TPSA) is 256 Å². The number of aromatic amines is 1. The van der Waals surface area contributed by atoms with Crippen molar-refractivity contribution in [2.24, 2.45) is 23.5 Å². The number of nitrogens with two attached hydrogens (primary N) is 1. The predicted octanol–water partition coefficient (Wildman–Crippen LogP) is 0.353. The van der Waals surface area contributed by atoms with Gasteiger partial charge in [0.15, 0.2) is 5.65 Å². The number of anilines is 2. The molecule has 4 heterocycles. The highest BCUT2D eigenvalue weighted by Gasteiger charge is 2.50. The molecule has 45 heavy (non-hydrogen) atoms. The Balaban J connectivity index is 0.000000337. The third kappa shape index (κ3) is 6.06. The Hall–Kier alpha value is -4.58. The molecule has 17 heteroatoms. The van der Waals surface area contributed by atoms with Crippen LogP contribution in [0.15, 0.2) is 29.2 Å². The normalized spacial score (nSPS) is 24.3. The number of aryl methyl sites for hydroxylation is 1. The van der Waals surface area contributed by atoms with E-state index < -0.39 is 29.6 Å². The Morgan fingerprint density at radius 2 is 1.93 bits per heavy atom. The summed E-state index contributed by atoms with van der Waals surface area (Å²) in [5.41, 5.74) is 4.02. The van der Waals surface area contributed by atoms with Crippen LogP contribution in [0, 0.1) is 24.7 Å². The number of carbonyl (C=O) groups excluding carboxylic acids is 2. The van der Waals surface area contributed by atoms with Crippen molar-refractivity contribution in [1.82, 2.24) is 34.6 Å². The molecular formula is C28H35N9O8. The van der Waals surface area contributed by atoms with E-state index in [1.807, 2.05) is 13.0 Å². The molecule has 0 aliphatic heterocycles. The maximum absolute atomic E-state index is 13.2. The van der Waals surface area contributed by atoms with Gasteiger partial charge in [0.1, 0.15) is 17.4 Å². The second kappa shape index (κ2) is 11.1. The molecule has 0 aromatic carbocycles. The Kier molecular flexibility index (Phi) is 7.51. The van der Waals surface area contributed by atoms with Crippen LogP contribution >= 0.6 is 0 Å². The van der Waals surface area contributed by atoms with Crippen LogP contribution in [0.5, 0.6) is 0 Å². The van der Waals surface area contributed by atoms with Crippen molar-refractivity contribution in [3.8, 4) is 0 Å². The predicted molar refractivity (Wildman–Crippen MR) is 157 cm³/mol. The van der Waals surface area contributed by atoms with Crippen molar-refractivity contribution in [3.63, 3.8) is 0 Å². The molecule has 3 aliphatic carbocycles. The smallest absolute Gasteiger partial charge is 0.409 e. The number of ether oxygens (including phenoxy) is 1. The number of hydrogen-bond donors (Lipinski definition) is 8. The number of alkyl carbamates (subject to hydrolysis) is 1. The fourth-order valence-electron chi connectivity index (χ4n) is 6.21. The molecule has 0 bridgehead atoms. The highest BCUT2D eigenvalue weighted by Crippen LogP contribution is 2.54. The summed E-state index contributed by atoms with van der Waals surface area (Å²) in [5, 5.41) is 53.6. The molecule has 3 aliphatic rings. The van der Waals surface area contributed by atoms with E-state index in [1.54, 1.807) is 6.07 Å². The molecule has 3 fully saturated rings. The zero-order valence-electron chi connectivity index (χ0n) is 24.6. The average Bonchev–Trinajstić information content (AvgIpc) is 3.87. The van der Waals surface area contributed by atoms with Crippen molar-refractivity contribution in [2.45, 2.75) is 63.3 Å². The standard InChI is InChI=1S/C21H24N8O7.C7H11NO/c1-10-12-3-4-15(24-17(12)27-26-10)23-16-7-13-14(9-22-16)29(21(33,34)35)19(31)28(13)11-5-6-20(32,8-11)25-18(30)36-2;8-7(9)6-3-5(6)4-1-2-4/h3-4,7,9,11,32-35H,5-6,8H2,1-2H3,(H,25,30)(H2,22,23,24,26,27);4-6H,1-3H2,(H2,8,9). The number of nitrogens with zero attached hydrogens (tertiary/aromatic N) is 5. The lowest BCUT2D eigenvalue weighted by Gasteiger charge is -2.23. The van der Waals surface area contributed by atoms with Crippen LogP contribution in [0.1, 0.15) is 50.3 Å². The van der Waals surface area contributed by atoms with E-state index >= 15 is 0 Å². The van der Waals surface area contributed by atoms with E-state index in [2.05, 4.69) is 35.5 Å². The van der Waals surface area contributed by atoms with E-state index in [4.69, 9.17) is 5.73 Å². The summed E-state index contributed by atoms with van der Waals surface area (Å²) in [4.78, 5) is 44.0. The first-order valence-electron chi connectivity index (χ1n) is 14.5. The van der Waals surface area contributed by atoms with Crippen molar-refractivity contribution in [2.75, 3.05) is 12.4 Å². The number of aromatic nitrogens is 6. The number of methoxy groups -OCH3 is 1. The highest BCUT2D eigenvalue weighted by atomic mass is 16.7. The van der Waals surface area contributed by atoms with Gasteiger partial charge in [-0.3, -0.25) is 19.8 Å². The third-order valence-electron chi connectivity index (χ3n) is 8.71. The maximum Gasteiger partial charge on any atom is 0.409 e. The van der Waals surface area contributed by atoms with Gasteiger partial charge in [-0.05, 0) is 63.0 Å². The van der Waals surface area contributed by atoms with E-state index in [0.29, 0.717) is 22.0 Å². The van der Waals surface area contributed by atoms with Gasteiger partial charge in [0, 0.05) is 35.5 Å². The van der Waals surface area contributed by atoms with Crippen LogP contribution in [-0.4, -0.2) is 74.6 Å². The summed E-state index contributed by atoms with van der Waals surface area (Å²) < 4.78 is 6.14. The lowest BCUT2D eigenvalue weighted by Crippen LogP contribution is -2.47. The fourth-order valence-corrected chi connectivity index (χ4v) is 6.21. The van der Waals surface area contributed by atoms with E-state index in [-0.39, 0.29) is 47.9 Å². The number of aliphatic hydroxyl groups is 4. The zero-order chi connectivity index (χ0) is 32.3. The molecule has 4 unspecified atom stereocenters. The third-order valence-corrected chi connectivity index (χ3v) is 8.71.